The van der Waals surface area contributed by atoms with Crippen molar-refractivity contribution < 1.29 is 19.1 Å². The summed E-state index contributed by atoms with van der Waals surface area (Å²) in [5, 5.41) is 3.12. The van der Waals surface area contributed by atoms with Crippen molar-refractivity contribution in [2.24, 2.45) is 5.73 Å². The van der Waals surface area contributed by atoms with Crippen LogP contribution in [0.25, 0.3) is 0 Å². The zero-order chi connectivity index (χ0) is 15.2. The maximum Gasteiger partial charge on any atom is 0.337 e. The van der Waals surface area contributed by atoms with Crippen LogP contribution in [0.2, 0.25) is 0 Å². The molecule has 2 rings (SSSR count). The molecule has 1 aliphatic rings. The van der Waals surface area contributed by atoms with E-state index in [9.17, 15) is 9.59 Å². The van der Waals surface area contributed by atoms with Gasteiger partial charge < -0.3 is 15.2 Å². The van der Waals surface area contributed by atoms with Gasteiger partial charge in [-0.1, -0.05) is 12.1 Å². The van der Waals surface area contributed by atoms with Crippen LogP contribution in [0.3, 0.4) is 0 Å². The van der Waals surface area contributed by atoms with E-state index in [1.165, 1.54) is 7.11 Å². The van der Waals surface area contributed by atoms with Gasteiger partial charge >= 0.3 is 5.97 Å². The second-order valence-electron chi connectivity index (χ2n) is 4.99. The van der Waals surface area contributed by atoms with Gasteiger partial charge in [-0.15, -0.1) is 0 Å². The van der Waals surface area contributed by atoms with Crippen LogP contribution in [0.15, 0.2) is 24.3 Å². The Kier molecular flexibility index (Phi) is 5.30. The van der Waals surface area contributed by atoms with Gasteiger partial charge in [0.1, 0.15) is 6.04 Å². The first-order valence-electron chi connectivity index (χ1n) is 6.94. The molecule has 2 atom stereocenters. The summed E-state index contributed by atoms with van der Waals surface area (Å²) in [5.74, 6) is -0.872. The molecular formula is C15H20N2O4. The standard InChI is InChI=1S/C15H20N2O4/c1-20-15(19)11-6-4-10(5-7-11)13(14(16)18)17-9-12-3-2-8-21-12/h4-7,12-13,17H,2-3,8-9H2,1H3,(H2,16,18). The predicted octanol–water partition coefficient (Wildman–Crippen LogP) is 0.768. The summed E-state index contributed by atoms with van der Waals surface area (Å²) in [6.07, 6.45) is 2.16. The number of hydrogen-bond donors (Lipinski definition) is 2. The highest BCUT2D eigenvalue weighted by Gasteiger charge is 2.21. The van der Waals surface area contributed by atoms with E-state index in [4.69, 9.17) is 10.5 Å². The molecule has 0 radical (unpaired) electrons. The highest BCUT2D eigenvalue weighted by atomic mass is 16.5. The third kappa shape index (κ3) is 4.03. The Hall–Kier alpha value is -1.92. The van der Waals surface area contributed by atoms with Crippen molar-refractivity contribution in [2.75, 3.05) is 20.3 Å². The van der Waals surface area contributed by atoms with Gasteiger partial charge in [-0.2, -0.15) is 0 Å². The predicted molar refractivity (Wildman–Crippen MR) is 76.7 cm³/mol. The van der Waals surface area contributed by atoms with Gasteiger partial charge in [0.2, 0.25) is 5.91 Å². The third-order valence-corrected chi connectivity index (χ3v) is 3.52. The summed E-state index contributed by atoms with van der Waals surface area (Å²) in [5.41, 5.74) is 6.59. The molecule has 1 saturated heterocycles. The van der Waals surface area contributed by atoms with Crippen molar-refractivity contribution >= 4 is 11.9 Å². The summed E-state index contributed by atoms with van der Waals surface area (Å²) in [4.78, 5) is 23.0. The van der Waals surface area contributed by atoms with Crippen molar-refractivity contribution in [1.82, 2.24) is 5.32 Å². The Morgan fingerprint density at radius 1 is 1.43 bits per heavy atom. The van der Waals surface area contributed by atoms with E-state index in [0.29, 0.717) is 17.7 Å². The van der Waals surface area contributed by atoms with Crippen LogP contribution in [0.4, 0.5) is 0 Å². The zero-order valence-electron chi connectivity index (χ0n) is 12.0. The second kappa shape index (κ2) is 7.19. The summed E-state index contributed by atoms with van der Waals surface area (Å²) in [6, 6.07) is 6.03. The SMILES string of the molecule is COC(=O)c1ccc(C(NCC2CCCO2)C(N)=O)cc1. The highest BCUT2D eigenvalue weighted by molar-refractivity contribution is 5.89. The minimum absolute atomic E-state index is 0.126. The molecule has 2 unspecified atom stereocenters. The first-order chi connectivity index (χ1) is 10.1. The molecule has 114 valence electrons. The molecule has 3 N–H and O–H groups in total. The molecule has 1 heterocycles. The number of methoxy groups -OCH3 is 1. The van der Waals surface area contributed by atoms with E-state index < -0.39 is 17.9 Å². The van der Waals surface area contributed by atoms with Gasteiger partial charge in [0.15, 0.2) is 0 Å². The number of carbonyl (C=O) groups is 2. The van der Waals surface area contributed by atoms with E-state index in [1.54, 1.807) is 24.3 Å². The summed E-state index contributed by atoms with van der Waals surface area (Å²) >= 11 is 0. The Balaban J connectivity index is 2.03. The number of rotatable bonds is 6. The smallest absolute Gasteiger partial charge is 0.337 e. The fourth-order valence-corrected chi connectivity index (χ4v) is 2.37. The van der Waals surface area contributed by atoms with E-state index in [0.717, 1.165) is 19.4 Å². The number of esters is 1. The fraction of sp³-hybridized carbons (Fsp3) is 0.467. The van der Waals surface area contributed by atoms with E-state index >= 15 is 0 Å². The van der Waals surface area contributed by atoms with Crippen LogP contribution < -0.4 is 11.1 Å². The molecule has 1 aromatic carbocycles. The molecule has 1 aliphatic heterocycles. The van der Waals surface area contributed by atoms with Crippen LogP contribution in [-0.2, 0) is 14.3 Å². The van der Waals surface area contributed by atoms with Crippen molar-refractivity contribution in [3.63, 3.8) is 0 Å². The minimum atomic E-state index is -0.596. The zero-order valence-corrected chi connectivity index (χ0v) is 12.0. The molecule has 0 bridgehead atoms. The molecule has 0 spiro atoms. The molecule has 1 amide bonds. The topological polar surface area (TPSA) is 90.7 Å². The lowest BCUT2D eigenvalue weighted by atomic mass is 10.0. The monoisotopic (exact) mass is 292 g/mol. The number of primary amides is 1. The lowest BCUT2D eigenvalue weighted by Gasteiger charge is -2.18. The van der Waals surface area contributed by atoms with Crippen LogP contribution in [0.5, 0.6) is 0 Å². The molecule has 0 saturated carbocycles. The van der Waals surface area contributed by atoms with Crippen LogP contribution in [0, 0.1) is 0 Å². The van der Waals surface area contributed by atoms with Gasteiger partial charge in [-0.25, -0.2) is 4.79 Å². The molecule has 0 aromatic heterocycles. The van der Waals surface area contributed by atoms with Gasteiger partial charge in [0, 0.05) is 13.2 Å². The number of ether oxygens (including phenoxy) is 2. The number of benzene rings is 1. The number of amides is 1. The van der Waals surface area contributed by atoms with Crippen molar-refractivity contribution in [3.05, 3.63) is 35.4 Å². The van der Waals surface area contributed by atoms with Crippen LogP contribution in [-0.4, -0.2) is 38.2 Å². The van der Waals surface area contributed by atoms with Gasteiger partial charge in [0.25, 0.3) is 0 Å². The third-order valence-electron chi connectivity index (χ3n) is 3.52. The highest BCUT2D eigenvalue weighted by Crippen LogP contribution is 2.16. The normalized spacial score (nSPS) is 19.2. The largest absolute Gasteiger partial charge is 0.465 e. The number of carbonyl (C=O) groups excluding carboxylic acids is 2. The Bertz CT molecular complexity index is 495. The van der Waals surface area contributed by atoms with Crippen molar-refractivity contribution in [2.45, 2.75) is 25.0 Å². The van der Waals surface area contributed by atoms with E-state index in [1.807, 2.05) is 0 Å². The Morgan fingerprint density at radius 2 is 2.14 bits per heavy atom. The number of nitrogens with one attached hydrogen (secondary N) is 1. The van der Waals surface area contributed by atoms with Crippen molar-refractivity contribution in [1.29, 1.82) is 0 Å². The first kappa shape index (κ1) is 15.5. The van der Waals surface area contributed by atoms with Crippen molar-refractivity contribution in [3.8, 4) is 0 Å². The Morgan fingerprint density at radius 3 is 2.67 bits per heavy atom. The first-order valence-corrected chi connectivity index (χ1v) is 6.94. The summed E-state index contributed by atoms with van der Waals surface area (Å²) < 4.78 is 10.1. The van der Waals surface area contributed by atoms with E-state index in [-0.39, 0.29) is 6.10 Å². The molecule has 6 nitrogen and oxygen atoms in total. The molecule has 1 fully saturated rings. The molecule has 1 aromatic rings. The van der Waals surface area contributed by atoms with Crippen LogP contribution in [0.1, 0.15) is 34.8 Å². The maximum atomic E-state index is 11.6. The van der Waals surface area contributed by atoms with Gasteiger partial charge in [-0.3, -0.25) is 10.1 Å². The maximum absolute atomic E-state index is 11.6. The van der Waals surface area contributed by atoms with Crippen LogP contribution >= 0.6 is 0 Å². The lowest BCUT2D eigenvalue weighted by molar-refractivity contribution is -0.120. The summed E-state index contributed by atoms with van der Waals surface area (Å²) in [7, 11) is 1.33. The Labute approximate surface area is 123 Å². The van der Waals surface area contributed by atoms with Gasteiger partial charge in [-0.05, 0) is 30.5 Å². The minimum Gasteiger partial charge on any atom is -0.465 e. The quantitative estimate of drug-likeness (QED) is 0.756. The molecular weight excluding hydrogens is 272 g/mol. The number of nitrogens with two attached hydrogens (primary N) is 1. The molecule has 0 aliphatic carbocycles. The van der Waals surface area contributed by atoms with Gasteiger partial charge in [0.05, 0.1) is 18.8 Å². The second-order valence-corrected chi connectivity index (χ2v) is 4.99. The molecule has 6 heteroatoms. The summed E-state index contributed by atoms with van der Waals surface area (Å²) in [6.45, 7) is 1.34. The lowest BCUT2D eigenvalue weighted by Crippen LogP contribution is -2.37. The number of hydrogen-bond acceptors (Lipinski definition) is 5. The fourth-order valence-electron chi connectivity index (χ4n) is 2.37. The average molecular weight is 292 g/mol. The van der Waals surface area contributed by atoms with E-state index in [2.05, 4.69) is 10.1 Å². The average Bonchev–Trinajstić information content (AvgIpc) is 3.00. The molecule has 21 heavy (non-hydrogen) atoms.